The van der Waals surface area contributed by atoms with Crippen molar-refractivity contribution < 1.29 is 5.11 Å². The fraction of sp³-hybridized carbons (Fsp3) is 0.250. The van der Waals surface area contributed by atoms with Crippen LogP contribution in [0.4, 0.5) is 5.69 Å². The molecule has 0 heterocycles. The van der Waals surface area contributed by atoms with Crippen molar-refractivity contribution in [2.45, 2.75) is 6.42 Å². The molecule has 0 radical (unpaired) electrons. The fourth-order valence-electron chi connectivity index (χ4n) is 0.960. The van der Waals surface area contributed by atoms with E-state index in [0.717, 1.165) is 15.7 Å². The molecule has 0 unspecified atom stereocenters. The van der Waals surface area contributed by atoms with Gasteiger partial charge in [-0.2, -0.15) is 0 Å². The van der Waals surface area contributed by atoms with Crippen LogP contribution in [0.5, 0.6) is 0 Å². The van der Waals surface area contributed by atoms with Crippen LogP contribution in [0.25, 0.3) is 0 Å². The maximum absolute atomic E-state index is 8.68. The number of hydrogen-bond donors (Lipinski definition) is 3. The summed E-state index contributed by atoms with van der Waals surface area (Å²) in [6, 6.07) is 5.73. The number of aliphatic hydroxyl groups excluding tert-OH is 1. The SMILES string of the molecule is NNc1ccc(CCO)cc1Br. The number of nitrogens with two attached hydrogens (primary N) is 1. The van der Waals surface area contributed by atoms with Crippen LogP contribution in [0.1, 0.15) is 5.56 Å². The number of rotatable bonds is 3. The van der Waals surface area contributed by atoms with Crippen molar-refractivity contribution in [3.05, 3.63) is 28.2 Å². The first-order valence-corrected chi connectivity index (χ1v) is 4.43. The Labute approximate surface area is 79.7 Å². The van der Waals surface area contributed by atoms with Crippen LogP contribution in [-0.4, -0.2) is 11.7 Å². The van der Waals surface area contributed by atoms with Crippen molar-refractivity contribution in [1.29, 1.82) is 0 Å². The van der Waals surface area contributed by atoms with E-state index in [4.69, 9.17) is 10.9 Å². The maximum Gasteiger partial charge on any atom is 0.0627 e. The molecule has 0 aliphatic heterocycles. The Kier molecular flexibility index (Phi) is 3.52. The molecule has 0 saturated carbocycles. The van der Waals surface area contributed by atoms with Gasteiger partial charge in [0.1, 0.15) is 0 Å². The zero-order chi connectivity index (χ0) is 8.97. The van der Waals surface area contributed by atoms with E-state index in [1.165, 1.54) is 0 Å². The molecule has 0 spiro atoms. The highest BCUT2D eigenvalue weighted by Crippen LogP contribution is 2.22. The lowest BCUT2D eigenvalue weighted by atomic mass is 10.1. The van der Waals surface area contributed by atoms with Gasteiger partial charge < -0.3 is 10.5 Å². The molecule has 3 nitrogen and oxygen atoms in total. The smallest absolute Gasteiger partial charge is 0.0627 e. The summed E-state index contributed by atoms with van der Waals surface area (Å²) in [5.74, 6) is 5.25. The van der Waals surface area contributed by atoms with E-state index in [1.54, 1.807) is 0 Å². The molecule has 1 aromatic carbocycles. The Balaban J connectivity index is 2.86. The van der Waals surface area contributed by atoms with Crippen LogP contribution in [-0.2, 0) is 6.42 Å². The fourth-order valence-corrected chi connectivity index (χ4v) is 1.50. The van der Waals surface area contributed by atoms with Gasteiger partial charge in [0.25, 0.3) is 0 Å². The van der Waals surface area contributed by atoms with E-state index in [-0.39, 0.29) is 6.61 Å². The molecule has 0 aromatic heterocycles. The summed E-state index contributed by atoms with van der Waals surface area (Å²) in [7, 11) is 0. The highest BCUT2D eigenvalue weighted by molar-refractivity contribution is 9.10. The first-order chi connectivity index (χ1) is 5.77. The minimum absolute atomic E-state index is 0.168. The number of anilines is 1. The van der Waals surface area contributed by atoms with Gasteiger partial charge >= 0.3 is 0 Å². The molecule has 12 heavy (non-hydrogen) atoms. The molecule has 4 heteroatoms. The highest BCUT2D eigenvalue weighted by atomic mass is 79.9. The van der Waals surface area contributed by atoms with Crippen LogP contribution < -0.4 is 11.3 Å². The second kappa shape index (κ2) is 4.45. The quantitative estimate of drug-likeness (QED) is 0.542. The van der Waals surface area contributed by atoms with Crippen LogP contribution in [0, 0.1) is 0 Å². The molecule has 0 amide bonds. The number of hydrogen-bond acceptors (Lipinski definition) is 3. The summed E-state index contributed by atoms with van der Waals surface area (Å²) < 4.78 is 0.913. The molecule has 1 rings (SSSR count). The topological polar surface area (TPSA) is 58.3 Å². The van der Waals surface area contributed by atoms with Gasteiger partial charge in [-0.15, -0.1) is 0 Å². The zero-order valence-electron chi connectivity index (χ0n) is 6.55. The van der Waals surface area contributed by atoms with Crippen molar-refractivity contribution in [2.24, 2.45) is 5.84 Å². The number of nitrogens with one attached hydrogen (secondary N) is 1. The highest BCUT2D eigenvalue weighted by Gasteiger charge is 1.98. The Morgan fingerprint density at radius 1 is 1.50 bits per heavy atom. The number of nitrogen functional groups attached to an aromatic ring is 1. The molecule has 0 aliphatic rings. The number of benzene rings is 1. The van der Waals surface area contributed by atoms with E-state index in [9.17, 15) is 0 Å². The summed E-state index contributed by atoms with van der Waals surface area (Å²) >= 11 is 3.35. The predicted molar refractivity (Wildman–Crippen MR) is 52.7 cm³/mol. The van der Waals surface area contributed by atoms with Gasteiger partial charge in [-0.05, 0) is 40.0 Å². The second-order valence-electron chi connectivity index (χ2n) is 2.43. The second-order valence-corrected chi connectivity index (χ2v) is 3.29. The Morgan fingerprint density at radius 2 is 2.25 bits per heavy atom. The van der Waals surface area contributed by atoms with Gasteiger partial charge in [0, 0.05) is 11.1 Å². The summed E-state index contributed by atoms with van der Waals surface area (Å²) in [4.78, 5) is 0. The van der Waals surface area contributed by atoms with E-state index < -0.39 is 0 Å². The summed E-state index contributed by atoms with van der Waals surface area (Å²) in [6.45, 7) is 0.168. The summed E-state index contributed by atoms with van der Waals surface area (Å²) in [5, 5.41) is 8.68. The first-order valence-electron chi connectivity index (χ1n) is 3.64. The van der Waals surface area contributed by atoms with Crippen molar-refractivity contribution in [2.75, 3.05) is 12.0 Å². The number of hydrazine groups is 1. The third-order valence-corrected chi connectivity index (χ3v) is 2.25. The monoisotopic (exact) mass is 230 g/mol. The van der Waals surface area contributed by atoms with Gasteiger partial charge in [0.15, 0.2) is 0 Å². The molecule has 0 atom stereocenters. The molecule has 0 fully saturated rings. The van der Waals surface area contributed by atoms with Gasteiger partial charge in [-0.25, -0.2) is 0 Å². The Bertz CT molecular complexity index is 265. The van der Waals surface area contributed by atoms with Gasteiger partial charge in [-0.1, -0.05) is 6.07 Å². The van der Waals surface area contributed by atoms with Crippen molar-refractivity contribution in [3.8, 4) is 0 Å². The molecule has 66 valence electrons. The third kappa shape index (κ3) is 2.20. The lowest BCUT2D eigenvalue weighted by Crippen LogP contribution is -2.07. The Morgan fingerprint density at radius 3 is 2.75 bits per heavy atom. The molecule has 0 saturated heterocycles. The standard InChI is InChI=1S/C8H11BrN2O/c9-7-5-6(3-4-12)1-2-8(7)11-10/h1-2,5,11-12H,3-4,10H2. The van der Waals surface area contributed by atoms with Crippen molar-refractivity contribution in [1.82, 2.24) is 0 Å². The lowest BCUT2D eigenvalue weighted by molar-refractivity contribution is 0.299. The van der Waals surface area contributed by atoms with Gasteiger partial charge in [0.2, 0.25) is 0 Å². The van der Waals surface area contributed by atoms with Crippen LogP contribution >= 0.6 is 15.9 Å². The first kappa shape index (κ1) is 9.51. The lowest BCUT2D eigenvalue weighted by Gasteiger charge is -2.04. The largest absolute Gasteiger partial charge is 0.396 e. The number of halogens is 1. The average Bonchev–Trinajstić information content (AvgIpc) is 2.05. The molecule has 0 aliphatic carbocycles. The van der Waals surface area contributed by atoms with Gasteiger partial charge in [-0.3, -0.25) is 5.84 Å². The summed E-state index contributed by atoms with van der Waals surface area (Å²) in [5.41, 5.74) is 4.49. The van der Waals surface area contributed by atoms with Crippen molar-refractivity contribution in [3.63, 3.8) is 0 Å². The van der Waals surface area contributed by atoms with Crippen LogP contribution in [0.3, 0.4) is 0 Å². The molecular formula is C8H11BrN2O. The van der Waals surface area contributed by atoms with Crippen molar-refractivity contribution >= 4 is 21.6 Å². The molecule has 0 bridgehead atoms. The maximum atomic E-state index is 8.68. The van der Waals surface area contributed by atoms with E-state index in [2.05, 4.69) is 21.4 Å². The average molecular weight is 231 g/mol. The summed E-state index contributed by atoms with van der Waals surface area (Å²) in [6.07, 6.45) is 0.670. The minimum atomic E-state index is 0.168. The normalized spacial score (nSPS) is 9.92. The van der Waals surface area contributed by atoms with Gasteiger partial charge in [0.05, 0.1) is 5.69 Å². The minimum Gasteiger partial charge on any atom is -0.396 e. The van der Waals surface area contributed by atoms with Crippen LogP contribution in [0.15, 0.2) is 22.7 Å². The molecular weight excluding hydrogens is 220 g/mol. The van der Waals surface area contributed by atoms with E-state index in [0.29, 0.717) is 6.42 Å². The molecule has 1 aromatic rings. The zero-order valence-corrected chi connectivity index (χ0v) is 8.13. The van der Waals surface area contributed by atoms with E-state index >= 15 is 0 Å². The van der Waals surface area contributed by atoms with Crippen LogP contribution in [0.2, 0.25) is 0 Å². The number of aliphatic hydroxyl groups is 1. The van der Waals surface area contributed by atoms with E-state index in [1.807, 2.05) is 18.2 Å². The Hall–Kier alpha value is -0.580. The predicted octanol–water partition coefficient (Wildman–Crippen LogP) is 1.27. The third-order valence-electron chi connectivity index (χ3n) is 1.59. The molecule has 4 N–H and O–H groups in total.